The van der Waals surface area contributed by atoms with E-state index in [1.165, 1.54) is 47.7 Å². The van der Waals surface area contributed by atoms with E-state index in [9.17, 15) is 4.79 Å². The summed E-state index contributed by atoms with van der Waals surface area (Å²) < 4.78 is 2.57. The minimum Gasteiger partial charge on any atom is -0.354 e. The Hall–Kier alpha value is -1.59. The number of Topliss-reactive ketones (excluding diaryl/α,β-unsaturated/α-hetero) is 1. The highest BCUT2D eigenvalue weighted by Crippen LogP contribution is 2.43. The van der Waals surface area contributed by atoms with Gasteiger partial charge in [-0.05, 0) is 42.0 Å². The third-order valence-electron chi connectivity index (χ3n) is 6.69. The summed E-state index contributed by atoms with van der Waals surface area (Å²) in [5.41, 5.74) is 0.224. The molecular weight excluding hydrogens is 378 g/mol. The second kappa shape index (κ2) is 9.05. The first kappa shape index (κ1) is 20.7. The number of unbranched alkanes of at least 4 members (excludes halogenated alkanes) is 1. The van der Waals surface area contributed by atoms with Crippen LogP contribution in [0.5, 0.6) is 0 Å². The highest BCUT2D eigenvalue weighted by atomic mass is 32.2. The van der Waals surface area contributed by atoms with Gasteiger partial charge in [0.05, 0.1) is 25.0 Å². The Balaban J connectivity index is 1.16. The van der Waals surface area contributed by atoms with E-state index in [0.717, 1.165) is 44.8 Å². The summed E-state index contributed by atoms with van der Waals surface area (Å²) in [5, 5.41) is 2.48. The summed E-state index contributed by atoms with van der Waals surface area (Å²) in [6, 6.07) is 10.7. The fourth-order valence-corrected chi connectivity index (χ4v) is 5.90. The number of fused-ring (bicyclic) bond motifs is 1. The zero-order valence-corrected chi connectivity index (χ0v) is 18.7. The van der Waals surface area contributed by atoms with Crippen LogP contribution in [0.15, 0.2) is 36.5 Å². The van der Waals surface area contributed by atoms with Crippen molar-refractivity contribution in [2.45, 2.75) is 46.0 Å². The molecule has 1 saturated heterocycles. The lowest BCUT2D eigenvalue weighted by Gasteiger charge is -2.31. The molecule has 0 unspecified atom stereocenters. The van der Waals surface area contributed by atoms with Crippen LogP contribution < -0.4 is 4.90 Å². The van der Waals surface area contributed by atoms with Crippen LogP contribution in [0.1, 0.15) is 46.0 Å². The van der Waals surface area contributed by atoms with Crippen molar-refractivity contribution in [1.29, 1.82) is 0 Å². The molecule has 1 atom stereocenters. The Bertz CT molecular complexity index is 845. The van der Waals surface area contributed by atoms with Crippen LogP contribution in [0.2, 0.25) is 0 Å². The number of hydrogen-bond donors (Lipinski definition) is 0. The predicted molar refractivity (Wildman–Crippen MR) is 125 cm³/mol. The van der Waals surface area contributed by atoms with E-state index in [-0.39, 0.29) is 5.41 Å². The molecule has 1 aromatic carbocycles. The van der Waals surface area contributed by atoms with Gasteiger partial charge in [0.2, 0.25) is 0 Å². The molecule has 1 saturated carbocycles. The molecule has 0 amide bonds. The van der Waals surface area contributed by atoms with Gasteiger partial charge in [-0.25, -0.2) is 4.98 Å². The molecule has 1 aliphatic carbocycles. The fourth-order valence-electron chi connectivity index (χ4n) is 4.79. The Morgan fingerprint density at radius 3 is 2.59 bits per heavy atom. The summed E-state index contributed by atoms with van der Waals surface area (Å²) in [6.07, 6.45) is 7.34. The van der Waals surface area contributed by atoms with Gasteiger partial charge in [-0.15, -0.1) is 4.31 Å². The monoisotopic (exact) mass is 412 g/mol. The molecule has 1 aliphatic heterocycles. The summed E-state index contributed by atoms with van der Waals surface area (Å²) in [7, 11) is 0. The van der Waals surface area contributed by atoms with Gasteiger partial charge in [-0.2, -0.15) is 0 Å². The number of carbonyl (C=O) groups is 1. The molecule has 5 heteroatoms. The molecule has 0 N–H and O–H groups in total. The molecule has 156 valence electrons. The number of piperazine rings is 1. The zero-order chi connectivity index (χ0) is 20.3. The second-order valence-electron chi connectivity index (χ2n) is 9.30. The molecule has 0 bridgehead atoms. The number of hydrogen-bond acceptors (Lipinski definition) is 4. The van der Waals surface area contributed by atoms with Crippen molar-refractivity contribution in [2.75, 3.05) is 36.8 Å². The standard InChI is InChI=1S/C24H33N3OS/c1-24(2)17-22(28)16-21(24)9-5-6-14-29-27-12-10-26(11-13-27)23-15-19-7-3-4-8-20(19)18-25-23/h3-4,7-8,15,18,21H,5-6,9-14,16-17H2,1-2H3/p+1/t21-/m1/s1. The van der Waals surface area contributed by atoms with Crippen molar-refractivity contribution in [3.8, 4) is 0 Å². The lowest BCUT2D eigenvalue weighted by molar-refractivity contribution is -0.118. The topological polar surface area (TPSA) is 36.4 Å². The lowest BCUT2D eigenvalue weighted by Crippen LogP contribution is -2.46. The number of benzene rings is 1. The SMILES string of the molecule is CC1(C)CC(=O)C[C@H]1CCCC[SH+]N1CCN(c2cc3ccccc3cn2)CC1. The zero-order valence-electron chi connectivity index (χ0n) is 17.8. The summed E-state index contributed by atoms with van der Waals surface area (Å²) in [4.78, 5) is 18.8. The van der Waals surface area contributed by atoms with E-state index in [4.69, 9.17) is 0 Å². The number of aromatic nitrogens is 1. The van der Waals surface area contributed by atoms with Gasteiger partial charge in [0.15, 0.2) is 0 Å². The van der Waals surface area contributed by atoms with Crippen molar-refractivity contribution in [2.24, 2.45) is 11.3 Å². The van der Waals surface area contributed by atoms with Crippen LogP contribution in [0.4, 0.5) is 5.82 Å². The number of carbonyl (C=O) groups excluding carboxylic acids is 1. The number of nitrogens with zero attached hydrogens (tertiary/aromatic N) is 3. The molecule has 1 aromatic heterocycles. The first-order chi connectivity index (χ1) is 14.0. The smallest absolute Gasteiger partial charge is 0.133 e. The second-order valence-corrected chi connectivity index (χ2v) is 10.6. The molecule has 0 radical (unpaired) electrons. The molecule has 4 nitrogen and oxygen atoms in total. The third kappa shape index (κ3) is 5.13. The first-order valence-corrected chi connectivity index (χ1v) is 12.1. The minimum absolute atomic E-state index is 0.224. The van der Waals surface area contributed by atoms with Gasteiger partial charge >= 0.3 is 0 Å². The van der Waals surface area contributed by atoms with E-state index in [0.29, 0.717) is 11.7 Å². The number of anilines is 1. The molecule has 2 aliphatic rings. The predicted octanol–water partition coefficient (Wildman–Crippen LogP) is 4.26. The van der Waals surface area contributed by atoms with Gasteiger partial charge in [0.25, 0.3) is 0 Å². The summed E-state index contributed by atoms with van der Waals surface area (Å²) in [5.74, 6) is 3.42. The van der Waals surface area contributed by atoms with Gasteiger partial charge in [-0.3, -0.25) is 4.79 Å². The van der Waals surface area contributed by atoms with Crippen molar-refractivity contribution < 1.29 is 4.79 Å². The average Bonchev–Trinajstić information content (AvgIpc) is 2.99. The third-order valence-corrected chi connectivity index (χ3v) is 8.01. The van der Waals surface area contributed by atoms with E-state index >= 15 is 0 Å². The fraction of sp³-hybridized carbons (Fsp3) is 0.583. The van der Waals surface area contributed by atoms with Crippen LogP contribution in [0, 0.1) is 11.3 Å². The maximum absolute atomic E-state index is 11.7. The maximum atomic E-state index is 11.7. The Morgan fingerprint density at radius 2 is 1.86 bits per heavy atom. The van der Waals surface area contributed by atoms with Crippen molar-refractivity contribution in [1.82, 2.24) is 9.29 Å². The molecule has 0 spiro atoms. The summed E-state index contributed by atoms with van der Waals surface area (Å²) >= 11 is 1.47. The Morgan fingerprint density at radius 1 is 1.10 bits per heavy atom. The van der Waals surface area contributed by atoms with E-state index < -0.39 is 0 Å². The van der Waals surface area contributed by atoms with Crippen LogP contribution in [-0.2, 0) is 16.7 Å². The largest absolute Gasteiger partial charge is 0.354 e. The molecule has 2 aromatic rings. The molecule has 2 heterocycles. The number of rotatable bonds is 7. The van der Waals surface area contributed by atoms with Crippen molar-refractivity contribution >= 4 is 34.3 Å². The normalized spacial score (nSPS) is 22.5. The quantitative estimate of drug-likeness (QED) is 0.387. The van der Waals surface area contributed by atoms with Gasteiger partial charge in [0, 0.05) is 37.5 Å². The van der Waals surface area contributed by atoms with Crippen LogP contribution in [0.3, 0.4) is 0 Å². The van der Waals surface area contributed by atoms with Crippen molar-refractivity contribution in [3.05, 3.63) is 36.5 Å². The van der Waals surface area contributed by atoms with Crippen LogP contribution >= 0.6 is 0 Å². The van der Waals surface area contributed by atoms with Crippen molar-refractivity contribution in [3.63, 3.8) is 0 Å². The van der Waals surface area contributed by atoms with E-state index in [1.807, 2.05) is 6.20 Å². The number of pyridine rings is 1. The lowest BCUT2D eigenvalue weighted by atomic mass is 9.79. The molecule has 2 fully saturated rings. The maximum Gasteiger partial charge on any atom is 0.133 e. The average molecular weight is 413 g/mol. The summed E-state index contributed by atoms with van der Waals surface area (Å²) in [6.45, 7) is 8.86. The van der Waals surface area contributed by atoms with Gasteiger partial charge in [0.1, 0.15) is 17.4 Å². The first-order valence-electron chi connectivity index (χ1n) is 11.0. The number of ketones is 1. The molecule has 4 rings (SSSR count). The van der Waals surface area contributed by atoms with Crippen LogP contribution in [0.25, 0.3) is 10.8 Å². The van der Waals surface area contributed by atoms with E-state index in [2.05, 4.69) is 58.4 Å². The Kier molecular flexibility index (Phi) is 6.45. The molecule has 29 heavy (non-hydrogen) atoms. The minimum atomic E-state index is 0.224. The molecular formula is C24H34N3OS+. The Labute approximate surface area is 179 Å². The van der Waals surface area contributed by atoms with Gasteiger partial charge < -0.3 is 4.90 Å². The van der Waals surface area contributed by atoms with E-state index in [1.54, 1.807) is 0 Å². The van der Waals surface area contributed by atoms with Crippen LogP contribution in [-0.4, -0.2) is 47.0 Å². The van der Waals surface area contributed by atoms with Gasteiger partial charge in [-0.1, -0.05) is 38.1 Å². The number of thiol groups is 1. The highest BCUT2D eigenvalue weighted by Gasteiger charge is 2.38. The highest BCUT2D eigenvalue weighted by molar-refractivity contribution is 7.76.